The fourth-order valence-corrected chi connectivity index (χ4v) is 8.92. The SMILES string of the molecule is CC(C)C1=CC2CC3(C#N)C4CCC(C)C4CC2(CO[C@@H]2O[C@H](C)[C@@H](O)[C@@H](O)[C@@H]2O)C13C(=O)O. The summed E-state index contributed by atoms with van der Waals surface area (Å²) in [5, 5.41) is 52.5. The number of carbonyl (C=O) groups is 1. The third-order valence-electron chi connectivity index (χ3n) is 10.4. The normalized spacial score (nSPS) is 53.5. The maximum Gasteiger partial charge on any atom is 0.316 e. The first kappa shape index (κ1) is 24.2. The summed E-state index contributed by atoms with van der Waals surface area (Å²) in [7, 11) is 0. The Morgan fingerprint density at radius 1 is 1.21 bits per heavy atom. The van der Waals surface area contributed by atoms with Gasteiger partial charge in [0.15, 0.2) is 6.29 Å². The number of aliphatic hydroxyl groups is 3. The van der Waals surface area contributed by atoms with Crippen molar-refractivity contribution >= 4 is 5.97 Å². The summed E-state index contributed by atoms with van der Waals surface area (Å²) in [6, 6.07) is 2.60. The number of carboxylic acid groups (broad SMARTS) is 1. The Morgan fingerprint density at radius 3 is 2.53 bits per heavy atom. The molecule has 0 aromatic carbocycles. The highest BCUT2D eigenvalue weighted by molar-refractivity contribution is 5.85. The topological polar surface area (TPSA) is 140 Å². The van der Waals surface area contributed by atoms with Crippen LogP contribution in [0, 0.1) is 57.2 Å². The van der Waals surface area contributed by atoms with Gasteiger partial charge in [0.2, 0.25) is 0 Å². The van der Waals surface area contributed by atoms with Crippen molar-refractivity contribution < 1.29 is 34.7 Å². The average Bonchev–Trinajstić information content (AvgIpc) is 3.36. The molecular formula is C26H37NO7. The predicted octanol–water partition coefficient (Wildman–Crippen LogP) is 2.08. The van der Waals surface area contributed by atoms with Crippen LogP contribution in [0.25, 0.3) is 0 Å². The van der Waals surface area contributed by atoms with Crippen LogP contribution in [0.1, 0.15) is 53.4 Å². The van der Waals surface area contributed by atoms with Gasteiger partial charge in [-0.15, -0.1) is 0 Å². The lowest BCUT2D eigenvalue weighted by atomic mass is 9.43. The smallest absolute Gasteiger partial charge is 0.316 e. The lowest BCUT2D eigenvalue weighted by Gasteiger charge is -2.57. The zero-order chi connectivity index (χ0) is 24.8. The van der Waals surface area contributed by atoms with E-state index in [9.17, 15) is 30.5 Å². The van der Waals surface area contributed by atoms with Crippen LogP contribution in [0.15, 0.2) is 11.6 Å². The molecule has 4 bridgehead atoms. The Morgan fingerprint density at radius 2 is 1.91 bits per heavy atom. The van der Waals surface area contributed by atoms with Crippen molar-refractivity contribution in [1.82, 2.24) is 0 Å². The number of rotatable bonds is 5. The summed E-state index contributed by atoms with van der Waals surface area (Å²) in [6.07, 6.45) is -0.938. The lowest BCUT2D eigenvalue weighted by molar-refractivity contribution is -0.304. The van der Waals surface area contributed by atoms with E-state index in [1.165, 1.54) is 0 Å². The highest BCUT2D eigenvalue weighted by Crippen LogP contribution is 2.83. The minimum atomic E-state index is -1.46. The van der Waals surface area contributed by atoms with E-state index in [0.717, 1.165) is 18.4 Å². The van der Waals surface area contributed by atoms with Crippen LogP contribution in [0.3, 0.4) is 0 Å². The van der Waals surface area contributed by atoms with E-state index in [-0.39, 0.29) is 30.3 Å². The number of aliphatic carboxylic acids is 1. The van der Waals surface area contributed by atoms with E-state index in [1.807, 2.05) is 13.8 Å². The van der Waals surface area contributed by atoms with Gasteiger partial charge in [0.05, 0.1) is 24.2 Å². The van der Waals surface area contributed by atoms with Crippen LogP contribution < -0.4 is 0 Å². The zero-order valence-corrected chi connectivity index (χ0v) is 20.3. The maximum atomic E-state index is 13.4. The Kier molecular flexibility index (Phi) is 5.52. The summed E-state index contributed by atoms with van der Waals surface area (Å²) in [5.74, 6) is -0.423. The highest BCUT2D eigenvalue weighted by atomic mass is 16.7. The van der Waals surface area contributed by atoms with E-state index in [4.69, 9.17) is 9.47 Å². The van der Waals surface area contributed by atoms with Crippen LogP contribution in [0.4, 0.5) is 0 Å². The zero-order valence-electron chi connectivity index (χ0n) is 20.3. The Hall–Kier alpha value is -1.50. The number of aliphatic hydroxyl groups excluding tert-OH is 3. The summed E-state index contributed by atoms with van der Waals surface area (Å²) >= 11 is 0. The largest absolute Gasteiger partial charge is 0.481 e. The number of hydrogen-bond acceptors (Lipinski definition) is 7. The second kappa shape index (κ2) is 7.75. The van der Waals surface area contributed by atoms with Crippen molar-refractivity contribution in [1.29, 1.82) is 5.26 Å². The first-order chi connectivity index (χ1) is 16.0. The van der Waals surface area contributed by atoms with E-state index in [2.05, 4.69) is 19.1 Å². The molecule has 5 aliphatic rings. The maximum absolute atomic E-state index is 13.4. The number of allylic oxidation sites excluding steroid dienone is 1. The molecule has 3 saturated carbocycles. The Balaban J connectivity index is 1.59. The molecule has 8 nitrogen and oxygen atoms in total. The van der Waals surface area contributed by atoms with Crippen LogP contribution >= 0.6 is 0 Å². The summed E-state index contributed by atoms with van der Waals surface area (Å²) in [4.78, 5) is 13.4. The van der Waals surface area contributed by atoms with E-state index >= 15 is 0 Å². The standard InChI is InChI=1S/C26H37NO7/c1-12(2)18-7-15-8-24(10-27)17-6-5-13(3)16(17)9-25(15,26(18,24)23(31)32)11-33-22-21(30)20(29)19(28)14(4)34-22/h7,12-17,19-22,28-30H,5-6,8-9,11H2,1-4H3,(H,31,32)/t13?,14-,15?,16?,17?,19-,20-,21+,22-,24?,25?,26?/m1/s1. The van der Waals surface area contributed by atoms with Crippen LogP contribution in [-0.2, 0) is 14.3 Å². The molecule has 4 N–H and O–H groups in total. The molecular weight excluding hydrogens is 438 g/mol. The number of ether oxygens (including phenoxy) is 2. The fraction of sp³-hybridized carbons (Fsp3) is 0.846. The van der Waals surface area contributed by atoms with Crippen LogP contribution in [0.2, 0.25) is 0 Å². The van der Waals surface area contributed by atoms with Gasteiger partial charge in [0.1, 0.15) is 23.7 Å². The summed E-state index contributed by atoms with van der Waals surface area (Å²) in [5.41, 5.74) is -2.36. The molecule has 5 rings (SSSR count). The molecule has 0 spiro atoms. The Bertz CT molecular complexity index is 944. The molecule has 0 radical (unpaired) electrons. The van der Waals surface area contributed by atoms with Crippen molar-refractivity contribution in [2.45, 2.75) is 84.1 Å². The highest BCUT2D eigenvalue weighted by Gasteiger charge is 2.84. The van der Waals surface area contributed by atoms with Crippen LogP contribution in [-0.4, -0.2) is 63.7 Å². The van der Waals surface area contributed by atoms with Gasteiger partial charge in [0.25, 0.3) is 0 Å². The van der Waals surface area contributed by atoms with Crippen molar-refractivity contribution in [2.75, 3.05) is 6.61 Å². The molecule has 0 aromatic heterocycles. The molecule has 0 aromatic rings. The predicted molar refractivity (Wildman–Crippen MR) is 120 cm³/mol. The van der Waals surface area contributed by atoms with E-state index < -0.39 is 52.9 Å². The van der Waals surface area contributed by atoms with Crippen LogP contribution in [0.5, 0.6) is 0 Å². The number of hydrogen-bond donors (Lipinski definition) is 4. The molecule has 7 unspecified atom stereocenters. The molecule has 0 amide bonds. The van der Waals surface area contributed by atoms with Gasteiger partial charge in [-0.2, -0.15) is 5.26 Å². The summed E-state index contributed by atoms with van der Waals surface area (Å²) < 4.78 is 11.8. The monoisotopic (exact) mass is 475 g/mol. The van der Waals surface area contributed by atoms with Gasteiger partial charge in [-0.25, -0.2) is 0 Å². The minimum absolute atomic E-state index is 0.00726. The van der Waals surface area contributed by atoms with Crippen molar-refractivity contribution in [3.8, 4) is 6.07 Å². The molecule has 188 valence electrons. The van der Waals surface area contributed by atoms with E-state index in [0.29, 0.717) is 18.8 Å². The van der Waals surface area contributed by atoms with Crippen molar-refractivity contribution in [3.05, 3.63) is 11.6 Å². The van der Waals surface area contributed by atoms with Gasteiger partial charge in [0, 0.05) is 5.41 Å². The Labute approximate surface area is 200 Å². The average molecular weight is 476 g/mol. The third kappa shape index (κ3) is 2.63. The minimum Gasteiger partial charge on any atom is -0.481 e. The molecule has 4 aliphatic carbocycles. The number of nitriles is 1. The third-order valence-corrected chi connectivity index (χ3v) is 10.4. The van der Waals surface area contributed by atoms with Gasteiger partial charge in [-0.05, 0) is 55.8 Å². The van der Waals surface area contributed by atoms with Gasteiger partial charge < -0.3 is 29.9 Å². The second-order valence-electron chi connectivity index (χ2n) is 11.9. The van der Waals surface area contributed by atoms with Gasteiger partial charge in [-0.3, -0.25) is 4.79 Å². The van der Waals surface area contributed by atoms with Crippen molar-refractivity contribution in [3.63, 3.8) is 0 Å². The molecule has 1 heterocycles. The quantitative estimate of drug-likeness (QED) is 0.443. The van der Waals surface area contributed by atoms with Gasteiger partial charge in [-0.1, -0.05) is 38.8 Å². The number of nitrogens with zero attached hydrogens (tertiary/aromatic N) is 1. The molecule has 12 atom stereocenters. The van der Waals surface area contributed by atoms with Gasteiger partial charge >= 0.3 is 5.97 Å². The van der Waals surface area contributed by atoms with E-state index in [1.54, 1.807) is 6.92 Å². The van der Waals surface area contributed by atoms with Crippen molar-refractivity contribution in [2.24, 2.45) is 45.8 Å². The molecule has 8 heteroatoms. The molecule has 1 saturated heterocycles. The summed E-state index contributed by atoms with van der Waals surface area (Å²) in [6.45, 7) is 7.79. The molecule has 34 heavy (non-hydrogen) atoms. The lowest BCUT2D eigenvalue weighted by Crippen LogP contribution is -2.63. The number of fused-ring (bicyclic) bond motifs is 2. The fourth-order valence-electron chi connectivity index (χ4n) is 8.92. The molecule has 1 aliphatic heterocycles. The first-order valence-corrected chi connectivity index (χ1v) is 12.7. The second-order valence-corrected chi connectivity index (χ2v) is 11.9. The first-order valence-electron chi connectivity index (χ1n) is 12.7. The number of carboxylic acids is 1. The molecule has 4 fully saturated rings.